The molecular weight excluding hydrogens is 654 g/mol. The van der Waals surface area contributed by atoms with Gasteiger partial charge >= 0.3 is 0 Å². The van der Waals surface area contributed by atoms with Crippen LogP contribution in [0.4, 0.5) is 5.95 Å². The van der Waals surface area contributed by atoms with Gasteiger partial charge < -0.3 is 9.47 Å². The van der Waals surface area contributed by atoms with Gasteiger partial charge in [-0.05, 0) is 75.9 Å². The molecule has 3 aromatic heterocycles. The van der Waals surface area contributed by atoms with E-state index < -0.39 is 21.2 Å². The smallest absolute Gasteiger partial charge is 0.243 e. The third-order valence-corrected chi connectivity index (χ3v) is 9.21. The zero-order valence-electron chi connectivity index (χ0n) is 22.1. The van der Waals surface area contributed by atoms with Crippen molar-refractivity contribution in [3.63, 3.8) is 0 Å². The van der Waals surface area contributed by atoms with Gasteiger partial charge in [0.25, 0.3) is 0 Å². The fourth-order valence-electron chi connectivity index (χ4n) is 3.93. The van der Waals surface area contributed by atoms with Gasteiger partial charge in [-0.1, -0.05) is 6.92 Å². The predicted molar refractivity (Wildman–Crippen MR) is 155 cm³/mol. The molecule has 0 saturated carbocycles. The van der Waals surface area contributed by atoms with Crippen LogP contribution in [0.1, 0.15) is 36.7 Å². The van der Waals surface area contributed by atoms with Crippen LogP contribution in [-0.2, 0) is 10.0 Å². The van der Waals surface area contributed by atoms with Crippen LogP contribution in [0.2, 0.25) is 0 Å². The number of anilines is 1. The molecule has 0 spiro atoms. The van der Waals surface area contributed by atoms with Gasteiger partial charge in [-0.15, -0.1) is 10.2 Å². The third-order valence-electron chi connectivity index (χ3n) is 6.18. The fraction of sp³-hybridized carbons (Fsp3) is 0.320. The van der Waals surface area contributed by atoms with E-state index in [0.717, 1.165) is 11.1 Å². The third kappa shape index (κ3) is 5.77. The summed E-state index contributed by atoms with van der Waals surface area (Å²) in [5, 5.41) is 7.68. The van der Waals surface area contributed by atoms with Crippen LogP contribution in [0, 0.1) is 13.8 Å². The molecule has 0 aliphatic heterocycles. The zero-order valence-corrected chi connectivity index (χ0v) is 26.1. The minimum absolute atomic E-state index is 0.0584. The van der Waals surface area contributed by atoms with Gasteiger partial charge in [0.2, 0.25) is 16.0 Å². The number of pyridine rings is 1. The standard InChI is InChI=1S/C25H27Br2N7O4S/c1-13-7-17(12-28-9-13)24-31-32-25(34(24)20-21(37-5)18(26)8-19(27)22(20)38-6)33-39(35,36)16(4)15(3)23-29-10-14(2)11-30-23/h7-12,15-16H,1-6H3,(H,32,33). The van der Waals surface area contributed by atoms with E-state index in [-0.39, 0.29) is 5.95 Å². The number of nitrogens with one attached hydrogen (secondary N) is 1. The van der Waals surface area contributed by atoms with Gasteiger partial charge in [0.1, 0.15) is 11.5 Å². The Kier molecular flexibility index (Phi) is 8.57. The van der Waals surface area contributed by atoms with E-state index in [1.165, 1.54) is 14.2 Å². The maximum absolute atomic E-state index is 13.7. The van der Waals surface area contributed by atoms with Crippen molar-refractivity contribution >= 4 is 47.8 Å². The Morgan fingerprint density at radius 3 is 2.08 bits per heavy atom. The maximum Gasteiger partial charge on any atom is 0.243 e. The van der Waals surface area contributed by atoms with Crippen molar-refractivity contribution in [2.75, 3.05) is 18.9 Å². The summed E-state index contributed by atoms with van der Waals surface area (Å²) in [5.41, 5.74) is 2.76. The topological polar surface area (TPSA) is 134 Å². The summed E-state index contributed by atoms with van der Waals surface area (Å²) in [6, 6.07) is 3.64. The molecule has 14 heteroatoms. The number of aryl methyl sites for hydroxylation is 2. The van der Waals surface area contributed by atoms with Crippen LogP contribution in [0.3, 0.4) is 0 Å². The Balaban J connectivity index is 1.90. The van der Waals surface area contributed by atoms with Crippen LogP contribution in [0.15, 0.2) is 45.9 Å². The molecule has 0 aliphatic rings. The van der Waals surface area contributed by atoms with E-state index in [1.54, 1.807) is 49.3 Å². The van der Waals surface area contributed by atoms with Crippen molar-refractivity contribution in [3.05, 3.63) is 62.8 Å². The molecule has 1 N–H and O–H groups in total. The molecule has 0 aliphatic carbocycles. The number of aromatic nitrogens is 6. The lowest BCUT2D eigenvalue weighted by atomic mass is 10.1. The van der Waals surface area contributed by atoms with Gasteiger partial charge in [-0.25, -0.2) is 18.4 Å². The lowest BCUT2D eigenvalue weighted by Crippen LogP contribution is -2.31. The average Bonchev–Trinajstić information content (AvgIpc) is 3.30. The van der Waals surface area contributed by atoms with E-state index >= 15 is 0 Å². The number of benzene rings is 1. The molecule has 0 amide bonds. The summed E-state index contributed by atoms with van der Waals surface area (Å²) >= 11 is 7.06. The molecule has 3 heterocycles. The SMILES string of the molecule is COc1c(Br)cc(Br)c(OC)c1-n1c(NS(=O)(=O)C(C)C(C)c2ncc(C)cn2)nnc1-c1cncc(C)c1. The number of hydrogen-bond acceptors (Lipinski definition) is 9. The zero-order chi connectivity index (χ0) is 28.5. The van der Waals surface area contributed by atoms with Crippen molar-refractivity contribution in [2.45, 2.75) is 38.9 Å². The van der Waals surface area contributed by atoms with E-state index in [1.807, 2.05) is 19.9 Å². The summed E-state index contributed by atoms with van der Waals surface area (Å²) in [5.74, 6) is 0.943. The molecule has 1 aromatic carbocycles. The van der Waals surface area contributed by atoms with Crippen molar-refractivity contribution in [1.82, 2.24) is 29.7 Å². The second-order valence-electron chi connectivity index (χ2n) is 8.95. The van der Waals surface area contributed by atoms with Gasteiger partial charge in [-0.2, -0.15) is 0 Å². The normalized spacial score (nSPS) is 13.1. The summed E-state index contributed by atoms with van der Waals surface area (Å²) < 4.78 is 44.1. The van der Waals surface area contributed by atoms with Crippen molar-refractivity contribution < 1.29 is 17.9 Å². The molecule has 2 atom stereocenters. The number of methoxy groups -OCH3 is 2. The summed E-state index contributed by atoms with van der Waals surface area (Å²) in [4.78, 5) is 12.9. The first-order valence-corrected chi connectivity index (χ1v) is 14.9. The Morgan fingerprint density at radius 2 is 1.51 bits per heavy atom. The lowest BCUT2D eigenvalue weighted by Gasteiger charge is -2.22. The Hall–Kier alpha value is -3.10. The molecule has 2 unspecified atom stereocenters. The first-order chi connectivity index (χ1) is 18.5. The summed E-state index contributed by atoms with van der Waals surface area (Å²) in [6.45, 7) is 7.13. The quantitative estimate of drug-likeness (QED) is 0.253. The predicted octanol–water partition coefficient (Wildman–Crippen LogP) is 5.21. The monoisotopic (exact) mass is 679 g/mol. The van der Waals surface area contributed by atoms with Gasteiger partial charge in [0.15, 0.2) is 17.3 Å². The maximum atomic E-state index is 13.7. The first-order valence-electron chi connectivity index (χ1n) is 11.8. The summed E-state index contributed by atoms with van der Waals surface area (Å²) in [6.07, 6.45) is 6.65. The number of sulfonamides is 1. The average molecular weight is 681 g/mol. The van der Waals surface area contributed by atoms with Gasteiger partial charge in [-0.3, -0.25) is 14.3 Å². The van der Waals surface area contributed by atoms with Crippen LogP contribution >= 0.6 is 31.9 Å². The van der Waals surface area contributed by atoms with E-state index in [9.17, 15) is 8.42 Å². The number of rotatable bonds is 9. The molecule has 0 bridgehead atoms. The number of hydrogen-bond donors (Lipinski definition) is 1. The Labute approximate surface area is 243 Å². The van der Waals surface area contributed by atoms with Crippen molar-refractivity contribution in [1.29, 1.82) is 0 Å². The summed E-state index contributed by atoms with van der Waals surface area (Å²) in [7, 11) is -1.00. The van der Waals surface area contributed by atoms with E-state index in [0.29, 0.717) is 43.3 Å². The van der Waals surface area contributed by atoms with Crippen LogP contribution in [0.25, 0.3) is 17.1 Å². The van der Waals surface area contributed by atoms with Gasteiger partial charge in [0.05, 0.1) is 28.4 Å². The number of nitrogens with zero attached hydrogens (tertiary/aromatic N) is 6. The molecule has 0 fully saturated rings. The number of ether oxygens (including phenoxy) is 2. The molecule has 4 aromatic rings. The first kappa shape index (κ1) is 28.9. The van der Waals surface area contributed by atoms with E-state index in [4.69, 9.17) is 9.47 Å². The van der Waals surface area contributed by atoms with Gasteiger partial charge in [0, 0.05) is 36.3 Å². The molecule has 206 valence electrons. The molecule has 39 heavy (non-hydrogen) atoms. The highest BCUT2D eigenvalue weighted by Crippen LogP contribution is 2.46. The molecule has 11 nitrogen and oxygen atoms in total. The lowest BCUT2D eigenvalue weighted by molar-refractivity contribution is 0.388. The van der Waals surface area contributed by atoms with E-state index in [2.05, 4.69) is 61.7 Å². The highest BCUT2D eigenvalue weighted by Gasteiger charge is 2.33. The van der Waals surface area contributed by atoms with Crippen LogP contribution in [0.5, 0.6) is 11.5 Å². The van der Waals surface area contributed by atoms with Crippen molar-refractivity contribution in [3.8, 4) is 28.6 Å². The Morgan fingerprint density at radius 1 is 0.897 bits per heavy atom. The largest absolute Gasteiger partial charge is 0.493 e. The number of halogens is 2. The Bertz CT molecular complexity index is 1580. The second kappa shape index (κ2) is 11.6. The molecule has 4 rings (SSSR count). The minimum atomic E-state index is -4.01. The van der Waals surface area contributed by atoms with Crippen LogP contribution < -0.4 is 14.2 Å². The second-order valence-corrected chi connectivity index (χ2v) is 12.7. The molecule has 0 saturated heterocycles. The van der Waals surface area contributed by atoms with Crippen molar-refractivity contribution in [2.24, 2.45) is 0 Å². The molecule has 0 radical (unpaired) electrons. The minimum Gasteiger partial charge on any atom is -0.493 e. The fourth-order valence-corrected chi connectivity index (χ4v) is 6.62. The molecular formula is C25H27Br2N7O4S. The highest BCUT2D eigenvalue weighted by molar-refractivity contribution is 9.11. The highest BCUT2D eigenvalue weighted by atomic mass is 79.9. The van der Waals surface area contributed by atoms with Crippen LogP contribution in [-0.4, -0.2) is 57.6 Å².